The van der Waals surface area contributed by atoms with Crippen molar-refractivity contribution in [1.82, 2.24) is 0 Å². The lowest BCUT2D eigenvalue weighted by atomic mass is 10.2. The van der Waals surface area contributed by atoms with E-state index in [1.54, 1.807) is 6.92 Å². The molecule has 1 aliphatic rings. The van der Waals surface area contributed by atoms with E-state index in [0.29, 0.717) is 24.5 Å². The van der Waals surface area contributed by atoms with Gasteiger partial charge in [-0.15, -0.1) is 0 Å². The summed E-state index contributed by atoms with van der Waals surface area (Å²) in [6.45, 7) is 2.36. The molecule has 1 aromatic carbocycles. The molecule has 1 unspecified atom stereocenters. The van der Waals surface area contributed by atoms with E-state index in [-0.39, 0.29) is 5.91 Å². The topological polar surface area (TPSA) is 55.6 Å². The Hall–Kier alpha value is -1.62. The van der Waals surface area contributed by atoms with Gasteiger partial charge in [-0.25, -0.2) is 4.39 Å². The van der Waals surface area contributed by atoms with Crippen LogP contribution in [0.1, 0.15) is 6.92 Å². The minimum Gasteiger partial charge on any atom is -0.479 e. The summed E-state index contributed by atoms with van der Waals surface area (Å²) in [7, 11) is 0. The van der Waals surface area contributed by atoms with Crippen LogP contribution in [0.15, 0.2) is 18.2 Å². The highest BCUT2D eigenvalue weighted by atomic mass is 19.1. The van der Waals surface area contributed by atoms with Gasteiger partial charge in [0.05, 0.1) is 5.69 Å². The molecule has 1 amide bonds. The Morgan fingerprint density at radius 3 is 3.00 bits per heavy atom. The van der Waals surface area contributed by atoms with Gasteiger partial charge >= 0.3 is 0 Å². The van der Waals surface area contributed by atoms with Gasteiger partial charge in [0.1, 0.15) is 11.6 Å². The summed E-state index contributed by atoms with van der Waals surface area (Å²) in [5.41, 5.74) is 5.89. The minimum atomic E-state index is -0.551. The number of hydrogen-bond acceptors (Lipinski definition) is 3. The summed E-state index contributed by atoms with van der Waals surface area (Å²) in [4.78, 5) is 13.3. The predicted molar refractivity (Wildman–Crippen MR) is 57.9 cm³/mol. The van der Waals surface area contributed by atoms with Crippen LogP contribution < -0.4 is 15.4 Å². The molecule has 4 nitrogen and oxygen atoms in total. The average molecular weight is 224 g/mol. The Balaban J connectivity index is 2.45. The summed E-state index contributed by atoms with van der Waals surface area (Å²) in [5.74, 6) is -0.0720. The number of carbonyl (C=O) groups is 1. The van der Waals surface area contributed by atoms with Crippen molar-refractivity contribution in [3.8, 4) is 5.75 Å². The standard InChI is InChI=1S/C11H13FN2O2/c1-7-11(15)14(5-4-13)9-6-8(12)2-3-10(9)16-7/h2-3,6-7H,4-5,13H2,1H3. The van der Waals surface area contributed by atoms with E-state index >= 15 is 0 Å². The maximum Gasteiger partial charge on any atom is 0.267 e. The predicted octanol–water partition coefficient (Wildman–Crippen LogP) is 0.898. The van der Waals surface area contributed by atoms with Crippen LogP contribution in [0.5, 0.6) is 5.75 Å². The minimum absolute atomic E-state index is 0.191. The zero-order valence-electron chi connectivity index (χ0n) is 8.94. The molecule has 2 rings (SSSR count). The summed E-state index contributed by atoms with van der Waals surface area (Å²) in [6, 6.07) is 4.12. The number of rotatable bonds is 2. The molecule has 2 N–H and O–H groups in total. The van der Waals surface area contributed by atoms with E-state index in [0.717, 1.165) is 0 Å². The number of nitrogens with zero attached hydrogens (tertiary/aromatic N) is 1. The molecule has 0 saturated carbocycles. The quantitative estimate of drug-likeness (QED) is 0.812. The average Bonchev–Trinajstić information content (AvgIpc) is 2.26. The highest BCUT2D eigenvalue weighted by Crippen LogP contribution is 2.34. The second kappa shape index (κ2) is 4.09. The molecule has 0 aromatic heterocycles. The van der Waals surface area contributed by atoms with Crippen molar-refractivity contribution in [2.24, 2.45) is 5.73 Å². The van der Waals surface area contributed by atoms with E-state index in [2.05, 4.69) is 0 Å². The Morgan fingerprint density at radius 1 is 1.56 bits per heavy atom. The maximum absolute atomic E-state index is 13.1. The lowest BCUT2D eigenvalue weighted by molar-refractivity contribution is -0.125. The van der Waals surface area contributed by atoms with Crippen molar-refractivity contribution in [2.75, 3.05) is 18.0 Å². The van der Waals surface area contributed by atoms with Crippen LogP contribution in [0.25, 0.3) is 0 Å². The molecule has 0 radical (unpaired) electrons. The third-order valence-corrected chi connectivity index (χ3v) is 2.48. The molecule has 0 aliphatic carbocycles. The fourth-order valence-corrected chi connectivity index (χ4v) is 1.74. The van der Waals surface area contributed by atoms with Crippen LogP contribution in [-0.4, -0.2) is 25.1 Å². The molecular formula is C11H13FN2O2. The molecule has 0 spiro atoms. The van der Waals surface area contributed by atoms with Crippen LogP contribution >= 0.6 is 0 Å². The largest absolute Gasteiger partial charge is 0.479 e. The molecule has 0 bridgehead atoms. The molecule has 0 saturated heterocycles. The van der Waals surface area contributed by atoms with Crippen molar-refractivity contribution >= 4 is 11.6 Å². The van der Waals surface area contributed by atoms with Gasteiger partial charge in [0, 0.05) is 19.2 Å². The van der Waals surface area contributed by atoms with Crippen molar-refractivity contribution in [1.29, 1.82) is 0 Å². The van der Waals surface area contributed by atoms with Crippen LogP contribution in [0.2, 0.25) is 0 Å². The first-order valence-corrected chi connectivity index (χ1v) is 5.11. The second-order valence-corrected chi connectivity index (χ2v) is 3.65. The van der Waals surface area contributed by atoms with E-state index in [4.69, 9.17) is 10.5 Å². The number of anilines is 1. The van der Waals surface area contributed by atoms with Gasteiger partial charge in [-0.1, -0.05) is 0 Å². The summed E-state index contributed by atoms with van der Waals surface area (Å²) in [5, 5.41) is 0. The monoisotopic (exact) mass is 224 g/mol. The maximum atomic E-state index is 13.1. The van der Waals surface area contributed by atoms with E-state index < -0.39 is 11.9 Å². The van der Waals surface area contributed by atoms with E-state index in [1.165, 1.54) is 23.1 Å². The number of hydrogen-bond donors (Lipinski definition) is 1. The molecule has 5 heteroatoms. The molecular weight excluding hydrogens is 211 g/mol. The van der Waals surface area contributed by atoms with Crippen LogP contribution in [0.3, 0.4) is 0 Å². The van der Waals surface area contributed by atoms with Gasteiger partial charge in [-0.3, -0.25) is 4.79 Å². The highest BCUT2D eigenvalue weighted by molar-refractivity contribution is 5.99. The Kier molecular flexibility index (Phi) is 2.78. The van der Waals surface area contributed by atoms with Gasteiger partial charge in [0.25, 0.3) is 5.91 Å². The highest BCUT2D eigenvalue weighted by Gasteiger charge is 2.31. The second-order valence-electron chi connectivity index (χ2n) is 3.65. The van der Waals surface area contributed by atoms with Crippen molar-refractivity contribution in [3.63, 3.8) is 0 Å². The lowest BCUT2D eigenvalue weighted by Gasteiger charge is -2.32. The molecule has 1 aromatic rings. The number of carbonyl (C=O) groups excluding carboxylic acids is 1. The third-order valence-electron chi connectivity index (χ3n) is 2.48. The van der Waals surface area contributed by atoms with Gasteiger partial charge in [0.15, 0.2) is 6.10 Å². The van der Waals surface area contributed by atoms with Gasteiger partial charge in [-0.05, 0) is 19.1 Å². The van der Waals surface area contributed by atoms with Crippen molar-refractivity contribution in [2.45, 2.75) is 13.0 Å². The van der Waals surface area contributed by atoms with Crippen LogP contribution in [-0.2, 0) is 4.79 Å². The first kappa shape index (κ1) is 10.9. The smallest absolute Gasteiger partial charge is 0.267 e. The Bertz CT molecular complexity index is 422. The molecule has 1 heterocycles. The molecule has 0 fully saturated rings. The van der Waals surface area contributed by atoms with Crippen LogP contribution in [0, 0.1) is 5.82 Å². The lowest BCUT2D eigenvalue weighted by Crippen LogP contribution is -2.46. The van der Waals surface area contributed by atoms with Gasteiger partial charge in [-0.2, -0.15) is 0 Å². The fraction of sp³-hybridized carbons (Fsp3) is 0.364. The molecule has 86 valence electrons. The summed E-state index contributed by atoms with van der Waals surface area (Å²) >= 11 is 0. The fourth-order valence-electron chi connectivity index (χ4n) is 1.74. The SMILES string of the molecule is CC1Oc2ccc(F)cc2N(CCN)C1=O. The first-order chi connectivity index (χ1) is 7.63. The third kappa shape index (κ3) is 1.74. The van der Waals surface area contributed by atoms with Crippen LogP contribution in [0.4, 0.5) is 10.1 Å². The first-order valence-electron chi connectivity index (χ1n) is 5.11. The number of halogens is 1. The molecule has 16 heavy (non-hydrogen) atoms. The van der Waals surface area contributed by atoms with Gasteiger partial charge in [0.2, 0.25) is 0 Å². The number of ether oxygens (including phenoxy) is 1. The zero-order valence-corrected chi connectivity index (χ0v) is 8.94. The van der Waals surface area contributed by atoms with Crippen molar-refractivity contribution in [3.05, 3.63) is 24.0 Å². The number of fused-ring (bicyclic) bond motifs is 1. The van der Waals surface area contributed by atoms with E-state index in [1.807, 2.05) is 0 Å². The van der Waals surface area contributed by atoms with Crippen molar-refractivity contribution < 1.29 is 13.9 Å². The number of amides is 1. The molecule has 1 atom stereocenters. The summed E-state index contributed by atoms with van der Waals surface area (Å²) in [6.07, 6.45) is -0.551. The Morgan fingerprint density at radius 2 is 2.31 bits per heavy atom. The number of nitrogens with two attached hydrogens (primary N) is 1. The normalized spacial score (nSPS) is 19.3. The van der Waals surface area contributed by atoms with Gasteiger partial charge < -0.3 is 15.4 Å². The Labute approximate surface area is 92.8 Å². The molecule has 1 aliphatic heterocycles. The number of benzene rings is 1. The zero-order chi connectivity index (χ0) is 11.7. The van der Waals surface area contributed by atoms with E-state index in [9.17, 15) is 9.18 Å². The summed E-state index contributed by atoms with van der Waals surface area (Å²) < 4.78 is 18.5.